The zero-order valence-electron chi connectivity index (χ0n) is 11.1. The molecule has 6 nitrogen and oxygen atoms in total. The predicted molar refractivity (Wildman–Crippen MR) is 66.9 cm³/mol. The highest BCUT2D eigenvalue weighted by Gasteiger charge is 2.49. The van der Waals surface area contributed by atoms with Crippen LogP contribution in [0.4, 0.5) is 0 Å². The van der Waals surface area contributed by atoms with Gasteiger partial charge in [0, 0.05) is 13.1 Å². The van der Waals surface area contributed by atoms with E-state index in [1.807, 2.05) is 6.92 Å². The summed E-state index contributed by atoms with van der Waals surface area (Å²) in [6.07, 6.45) is 2.10. The minimum absolute atomic E-state index is 0.206. The lowest BCUT2D eigenvalue weighted by Crippen LogP contribution is -2.60. The van der Waals surface area contributed by atoms with Crippen molar-refractivity contribution in [2.75, 3.05) is 26.3 Å². The number of nitrogens with one attached hydrogen (secondary N) is 1. The second kappa shape index (κ2) is 5.57. The highest BCUT2D eigenvalue weighted by atomic mass is 16.5. The van der Waals surface area contributed by atoms with E-state index in [0.717, 1.165) is 6.42 Å². The molecule has 0 bridgehead atoms. The molecule has 104 valence electrons. The van der Waals surface area contributed by atoms with Crippen LogP contribution in [0, 0.1) is 16.7 Å². The molecule has 1 saturated heterocycles. The largest absolute Gasteiger partial charge is 0.377 e. The van der Waals surface area contributed by atoms with Gasteiger partial charge in [0.1, 0.15) is 11.5 Å². The predicted octanol–water partition coefficient (Wildman–Crippen LogP) is 0.0438. The van der Waals surface area contributed by atoms with Gasteiger partial charge in [-0.05, 0) is 26.2 Å². The fourth-order valence-corrected chi connectivity index (χ4v) is 2.53. The lowest BCUT2D eigenvalue weighted by atomic mass is 9.68. The monoisotopic (exact) mass is 265 g/mol. The van der Waals surface area contributed by atoms with Crippen molar-refractivity contribution in [1.29, 1.82) is 5.26 Å². The zero-order chi connectivity index (χ0) is 13.9. The first-order valence-electron chi connectivity index (χ1n) is 6.72. The highest BCUT2D eigenvalue weighted by molar-refractivity contribution is 5.92. The van der Waals surface area contributed by atoms with Crippen molar-refractivity contribution in [3.8, 4) is 6.07 Å². The fourth-order valence-electron chi connectivity index (χ4n) is 2.53. The number of carbonyl (C=O) groups excluding carboxylic acids is 2. The van der Waals surface area contributed by atoms with Crippen LogP contribution in [0.25, 0.3) is 0 Å². The Labute approximate surface area is 112 Å². The summed E-state index contributed by atoms with van der Waals surface area (Å²) in [5.74, 6) is -0.413. The van der Waals surface area contributed by atoms with Crippen molar-refractivity contribution < 1.29 is 14.3 Å². The number of likely N-dealkylation sites (N-methyl/N-ethyl adjacent to an activating group) is 1. The Morgan fingerprint density at radius 1 is 1.53 bits per heavy atom. The van der Waals surface area contributed by atoms with Crippen molar-refractivity contribution in [2.45, 2.75) is 32.2 Å². The van der Waals surface area contributed by atoms with Crippen molar-refractivity contribution in [2.24, 2.45) is 5.41 Å². The minimum Gasteiger partial charge on any atom is -0.377 e. The summed E-state index contributed by atoms with van der Waals surface area (Å²) in [5.41, 5.74) is -0.901. The number of hydrogen-bond donors (Lipinski definition) is 1. The topological polar surface area (TPSA) is 82.4 Å². The smallest absolute Gasteiger partial charge is 0.245 e. The molecular formula is C13H19N3O3. The molecule has 1 heterocycles. The van der Waals surface area contributed by atoms with E-state index in [9.17, 15) is 14.9 Å². The molecule has 1 aliphatic carbocycles. The molecule has 1 N–H and O–H groups in total. The Hall–Kier alpha value is -1.61. The van der Waals surface area contributed by atoms with Gasteiger partial charge in [-0.25, -0.2) is 0 Å². The number of hydrogen-bond acceptors (Lipinski definition) is 4. The molecule has 2 amide bonds. The summed E-state index contributed by atoms with van der Waals surface area (Å²) in [7, 11) is 0. The van der Waals surface area contributed by atoms with Crippen molar-refractivity contribution >= 4 is 11.8 Å². The van der Waals surface area contributed by atoms with Gasteiger partial charge in [-0.3, -0.25) is 9.59 Å². The number of morpholine rings is 1. The first-order valence-corrected chi connectivity index (χ1v) is 6.72. The van der Waals surface area contributed by atoms with Gasteiger partial charge in [-0.1, -0.05) is 0 Å². The Bertz CT molecular complexity index is 412. The van der Waals surface area contributed by atoms with E-state index in [4.69, 9.17) is 4.74 Å². The normalized spacial score (nSPS) is 25.1. The Kier molecular flexibility index (Phi) is 4.05. The third-order valence-electron chi connectivity index (χ3n) is 3.87. The SMILES string of the molecule is CCNC(=O)C1COCCN1C(=O)C1(C#N)CCC1. The number of rotatable bonds is 3. The average molecular weight is 265 g/mol. The summed E-state index contributed by atoms with van der Waals surface area (Å²) in [6, 6.07) is 1.54. The van der Waals surface area contributed by atoms with Crippen LogP contribution in [-0.2, 0) is 14.3 Å². The molecule has 0 aromatic carbocycles. The number of nitrogens with zero attached hydrogens (tertiary/aromatic N) is 2. The van der Waals surface area contributed by atoms with Crippen LogP contribution >= 0.6 is 0 Å². The third kappa shape index (κ3) is 2.43. The summed E-state index contributed by atoms with van der Waals surface area (Å²) >= 11 is 0. The maximum absolute atomic E-state index is 12.5. The van der Waals surface area contributed by atoms with Crippen LogP contribution in [0.2, 0.25) is 0 Å². The molecule has 19 heavy (non-hydrogen) atoms. The molecule has 6 heteroatoms. The van der Waals surface area contributed by atoms with E-state index in [2.05, 4.69) is 11.4 Å². The summed E-state index contributed by atoms with van der Waals surface area (Å²) in [5, 5.41) is 11.9. The molecule has 1 saturated carbocycles. The Morgan fingerprint density at radius 3 is 2.79 bits per heavy atom. The van der Waals surface area contributed by atoms with Crippen molar-refractivity contribution in [1.82, 2.24) is 10.2 Å². The molecule has 0 aromatic heterocycles. The number of ether oxygens (including phenoxy) is 1. The van der Waals surface area contributed by atoms with Crippen LogP contribution in [0.5, 0.6) is 0 Å². The van der Waals surface area contributed by atoms with Crippen LogP contribution in [0.15, 0.2) is 0 Å². The van der Waals surface area contributed by atoms with Crippen molar-refractivity contribution in [3.05, 3.63) is 0 Å². The van der Waals surface area contributed by atoms with Crippen LogP contribution in [0.3, 0.4) is 0 Å². The van der Waals surface area contributed by atoms with E-state index in [1.54, 1.807) is 0 Å². The molecule has 1 unspecified atom stereocenters. The number of nitriles is 1. The Balaban J connectivity index is 2.13. The van der Waals surface area contributed by atoms with Gasteiger partial charge in [0.15, 0.2) is 0 Å². The lowest BCUT2D eigenvalue weighted by molar-refractivity contribution is -0.157. The molecule has 0 spiro atoms. The lowest BCUT2D eigenvalue weighted by Gasteiger charge is -2.42. The number of carbonyl (C=O) groups is 2. The highest BCUT2D eigenvalue weighted by Crippen LogP contribution is 2.42. The average Bonchev–Trinajstić information content (AvgIpc) is 2.38. The molecule has 1 aliphatic heterocycles. The Morgan fingerprint density at radius 2 is 2.26 bits per heavy atom. The standard InChI is InChI=1S/C13H19N3O3/c1-2-15-11(17)10-8-19-7-6-16(10)12(18)13(9-14)4-3-5-13/h10H,2-8H2,1H3,(H,15,17). The van der Waals surface area contributed by atoms with Gasteiger partial charge >= 0.3 is 0 Å². The van der Waals surface area contributed by atoms with Crippen molar-refractivity contribution in [3.63, 3.8) is 0 Å². The van der Waals surface area contributed by atoms with Crippen LogP contribution in [-0.4, -0.2) is 49.1 Å². The summed E-state index contributed by atoms with van der Waals surface area (Å²) in [4.78, 5) is 26.0. The van der Waals surface area contributed by atoms with E-state index >= 15 is 0 Å². The summed E-state index contributed by atoms with van der Waals surface area (Å²) in [6.45, 7) is 3.35. The maximum Gasteiger partial charge on any atom is 0.245 e. The molecule has 0 aromatic rings. The number of amides is 2. The molecular weight excluding hydrogens is 246 g/mol. The van der Waals surface area contributed by atoms with Gasteiger partial charge in [-0.15, -0.1) is 0 Å². The first kappa shape index (κ1) is 13.8. The van der Waals surface area contributed by atoms with Gasteiger partial charge in [0.05, 0.1) is 19.3 Å². The van der Waals surface area contributed by atoms with E-state index in [1.165, 1.54) is 4.90 Å². The maximum atomic E-state index is 12.5. The van der Waals surface area contributed by atoms with Gasteiger partial charge in [0.25, 0.3) is 0 Å². The molecule has 2 rings (SSSR count). The first-order chi connectivity index (χ1) is 9.14. The fraction of sp³-hybridized carbons (Fsp3) is 0.769. The van der Waals surface area contributed by atoms with E-state index in [0.29, 0.717) is 32.5 Å². The molecule has 2 aliphatic rings. The van der Waals surface area contributed by atoms with Gasteiger partial charge < -0.3 is 15.0 Å². The third-order valence-corrected chi connectivity index (χ3v) is 3.87. The second-order valence-corrected chi connectivity index (χ2v) is 5.03. The van der Waals surface area contributed by atoms with E-state index in [-0.39, 0.29) is 18.4 Å². The summed E-state index contributed by atoms with van der Waals surface area (Å²) < 4.78 is 5.29. The van der Waals surface area contributed by atoms with Crippen LogP contribution in [0.1, 0.15) is 26.2 Å². The molecule has 0 radical (unpaired) electrons. The zero-order valence-corrected chi connectivity index (χ0v) is 11.1. The quantitative estimate of drug-likeness (QED) is 0.781. The second-order valence-electron chi connectivity index (χ2n) is 5.03. The van der Waals surface area contributed by atoms with E-state index < -0.39 is 11.5 Å². The van der Waals surface area contributed by atoms with Gasteiger partial charge in [0.2, 0.25) is 11.8 Å². The van der Waals surface area contributed by atoms with Gasteiger partial charge in [-0.2, -0.15) is 5.26 Å². The molecule has 1 atom stereocenters. The molecule has 2 fully saturated rings. The minimum atomic E-state index is -0.901. The van der Waals surface area contributed by atoms with Crippen LogP contribution < -0.4 is 5.32 Å².